The summed E-state index contributed by atoms with van der Waals surface area (Å²) in [5.74, 6) is -0.0566. The second kappa shape index (κ2) is 7.76. The maximum absolute atomic E-state index is 12.4. The van der Waals surface area contributed by atoms with Gasteiger partial charge in [-0.15, -0.1) is 6.58 Å². The van der Waals surface area contributed by atoms with Gasteiger partial charge in [0.25, 0.3) is 5.91 Å². The van der Waals surface area contributed by atoms with E-state index in [-0.39, 0.29) is 5.91 Å². The van der Waals surface area contributed by atoms with Gasteiger partial charge in [-0.25, -0.2) is 0 Å². The van der Waals surface area contributed by atoms with Gasteiger partial charge >= 0.3 is 0 Å². The van der Waals surface area contributed by atoms with E-state index in [1.54, 1.807) is 30.2 Å². The minimum atomic E-state index is -0.0566. The van der Waals surface area contributed by atoms with E-state index in [0.717, 1.165) is 3.57 Å². The molecular weight excluding hydrogens is 365 g/mol. The first-order valence-electron chi connectivity index (χ1n) is 5.44. The summed E-state index contributed by atoms with van der Waals surface area (Å²) in [6.07, 6.45) is 1.70. The smallest absolute Gasteiger partial charge is 0.255 e. The van der Waals surface area contributed by atoms with E-state index in [2.05, 4.69) is 29.2 Å². The Kier molecular flexibility index (Phi) is 6.67. The summed E-state index contributed by atoms with van der Waals surface area (Å²) in [7, 11) is 1.61. The summed E-state index contributed by atoms with van der Waals surface area (Å²) in [6.45, 7) is 5.18. The highest BCUT2D eigenvalue weighted by Crippen LogP contribution is 2.19. The van der Waals surface area contributed by atoms with Crippen LogP contribution in [0.15, 0.2) is 30.9 Å². The monoisotopic (exact) mass is 379 g/mol. The quantitative estimate of drug-likeness (QED) is 0.561. The van der Waals surface area contributed by atoms with Crippen LogP contribution in [0.2, 0.25) is 5.02 Å². The third kappa shape index (κ3) is 4.26. The Morgan fingerprint density at radius 2 is 2.33 bits per heavy atom. The molecule has 98 valence electrons. The third-order valence-electron chi connectivity index (χ3n) is 2.36. The van der Waals surface area contributed by atoms with Gasteiger partial charge < -0.3 is 9.64 Å². The van der Waals surface area contributed by atoms with Crippen LogP contribution in [0, 0.1) is 3.57 Å². The molecule has 0 heterocycles. The number of nitrogens with zero attached hydrogens (tertiary/aromatic N) is 1. The van der Waals surface area contributed by atoms with E-state index in [1.165, 1.54) is 0 Å². The molecule has 0 spiro atoms. The average molecular weight is 380 g/mol. The van der Waals surface area contributed by atoms with Crippen molar-refractivity contribution in [3.63, 3.8) is 0 Å². The van der Waals surface area contributed by atoms with Gasteiger partial charge in [0.1, 0.15) is 0 Å². The van der Waals surface area contributed by atoms with E-state index in [9.17, 15) is 4.79 Å². The lowest BCUT2D eigenvalue weighted by molar-refractivity contribution is 0.0717. The number of amides is 1. The summed E-state index contributed by atoms with van der Waals surface area (Å²) >= 11 is 8.06. The van der Waals surface area contributed by atoms with Gasteiger partial charge in [-0.1, -0.05) is 17.7 Å². The van der Waals surface area contributed by atoms with Gasteiger partial charge in [-0.2, -0.15) is 0 Å². The van der Waals surface area contributed by atoms with Gasteiger partial charge in [-0.3, -0.25) is 4.79 Å². The molecule has 0 saturated carbocycles. The number of rotatable bonds is 6. The highest BCUT2D eigenvalue weighted by atomic mass is 127. The molecule has 1 amide bonds. The first-order valence-corrected chi connectivity index (χ1v) is 6.90. The molecule has 18 heavy (non-hydrogen) atoms. The molecule has 0 aromatic heterocycles. The molecule has 0 atom stereocenters. The van der Waals surface area contributed by atoms with Crippen LogP contribution in [0.25, 0.3) is 0 Å². The van der Waals surface area contributed by atoms with Crippen LogP contribution in [0.3, 0.4) is 0 Å². The number of halogens is 2. The number of hydrogen-bond acceptors (Lipinski definition) is 2. The van der Waals surface area contributed by atoms with E-state index in [0.29, 0.717) is 30.3 Å². The van der Waals surface area contributed by atoms with Crippen LogP contribution in [-0.4, -0.2) is 37.6 Å². The topological polar surface area (TPSA) is 29.5 Å². The normalized spacial score (nSPS) is 10.2. The highest BCUT2D eigenvalue weighted by Gasteiger charge is 2.17. The van der Waals surface area contributed by atoms with Crippen molar-refractivity contribution in [2.75, 3.05) is 26.8 Å². The van der Waals surface area contributed by atoms with Crippen molar-refractivity contribution >= 4 is 40.1 Å². The van der Waals surface area contributed by atoms with Crippen molar-refractivity contribution < 1.29 is 9.53 Å². The fourth-order valence-corrected chi connectivity index (χ4v) is 2.20. The average Bonchev–Trinajstić information content (AvgIpc) is 2.36. The Balaban J connectivity index is 2.93. The molecule has 3 nitrogen and oxygen atoms in total. The minimum absolute atomic E-state index is 0.0566. The molecule has 0 saturated heterocycles. The van der Waals surface area contributed by atoms with Crippen molar-refractivity contribution in [2.45, 2.75) is 0 Å². The van der Waals surface area contributed by atoms with Crippen LogP contribution in [-0.2, 0) is 4.74 Å². The van der Waals surface area contributed by atoms with Crippen LogP contribution in [0.5, 0.6) is 0 Å². The van der Waals surface area contributed by atoms with Crippen molar-refractivity contribution in [1.29, 1.82) is 0 Å². The van der Waals surface area contributed by atoms with Gasteiger partial charge in [-0.05, 0) is 40.8 Å². The number of benzene rings is 1. The van der Waals surface area contributed by atoms with E-state index in [4.69, 9.17) is 16.3 Å². The summed E-state index contributed by atoms with van der Waals surface area (Å²) in [4.78, 5) is 14.1. The largest absolute Gasteiger partial charge is 0.383 e. The lowest BCUT2D eigenvalue weighted by Gasteiger charge is -2.21. The predicted molar refractivity (Wildman–Crippen MR) is 82.1 cm³/mol. The Labute approximate surface area is 126 Å². The standard InChI is InChI=1S/C13H15ClINO2/c1-3-6-16(7-8-18-2)13(17)11-9-10(14)4-5-12(11)15/h3-5,9H,1,6-8H2,2H3. The van der Waals surface area contributed by atoms with Gasteiger partial charge in [0.15, 0.2) is 0 Å². The Hall–Kier alpha value is -0.590. The molecule has 1 rings (SSSR count). The zero-order valence-corrected chi connectivity index (χ0v) is 13.1. The predicted octanol–water partition coefficient (Wildman–Crippen LogP) is 3.22. The molecule has 0 N–H and O–H groups in total. The lowest BCUT2D eigenvalue weighted by atomic mass is 10.2. The molecule has 0 unspecified atom stereocenters. The van der Waals surface area contributed by atoms with Crippen molar-refractivity contribution in [3.8, 4) is 0 Å². The maximum Gasteiger partial charge on any atom is 0.255 e. The maximum atomic E-state index is 12.4. The van der Waals surface area contributed by atoms with Crippen LogP contribution in [0.4, 0.5) is 0 Å². The summed E-state index contributed by atoms with van der Waals surface area (Å²) in [5, 5.41) is 0.559. The first-order chi connectivity index (χ1) is 8.60. The molecule has 1 aromatic rings. The zero-order valence-electron chi connectivity index (χ0n) is 10.2. The summed E-state index contributed by atoms with van der Waals surface area (Å²) < 4.78 is 5.89. The molecule has 5 heteroatoms. The first kappa shape index (κ1) is 15.5. The number of methoxy groups -OCH3 is 1. The van der Waals surface area contributed by atoms with E-state index in [1.807, 2.05) is 6.07 Å². The Morgan fingerprint density at radius 1 is 1.61 bits per heavy atom. The number of carbonyl (C=O) groups excluding carboxylic acids is 1. The molecule has 0 fully saturated rings. The third-order valence-corrected chi connectivity index (χ3v) is 3.54. The SMILES string of the molecule is C=CCN(CCOC)C(=O)c1cc(Cl)ccc1I. The van der Waals surface area contributed by atoms with E-state index < -0.39 is 0 Å². The lowest BCUT2D eigenvalue weighted by Crippen LogP contribution is -2.34. The second-order valence-corrected chi connectivity index (χ2v) is 5.26. The van der Waals surface area contributed by atoms with Crippen LogP contribution in [0.1, 0.15) is 10.4 Å². The number of carbonyl (C=O) groups is 1. The zero-order chi connectivity index (χ0) is 13.5. The number of ether oxygens (including phenoxy) is 1. The Bertz CT molecular complexity index is 437. The molecule has 0 aliphatic rings. The number of hydrogen-bond donors (Lipinski definition) is 0. The van der Waals surface area contributed by atoms with Gasteiger partial charge in [0.05, 0.1) is 12.2 Å². The van der Waals surface area contributed by atoms with Gasteiger partial charge in [0, 0.05) is 28.8 Å². The van der Waals surface area contributed by atoms with Gasteiger partial charge in [0.2, 0.25) is 0 Å². The van der Waals surface area contributed by atoms with Crippen LogP contribution < -0.4 is 0 Å². The Morgan fingerprint density at radius 3 is 2.94 bits per heavy atom. The van der Waals surface area contributed by atoms with Crippen molar-refractivity contribution in [2.24, 2.45) is 0 Å². The molecule has 0 radical (unpaired) electrons. The van der Waals surface area contributed by atoms with Crippen molar-refractivity contribution in [3.05, 3.63) is 45.0 Å². The molecular formula is C13H15ClINO2. The fraction of sp³-hybridized carbons (Fsp3) is 0.308. The van der Waals surface area contributed by atoms with Crippen molar-refractivity contribution in [1.82, 2.24) is 4.90 Å². The fourth-order valence-electron chi connectivity index (χ4n) is 1.46. The van der Waals surface area contributed by atoms with Crippen LogP contribution >= 0.6 is 34.2 Å². The highest BCUT2D eigenvalue weighted by molar-refractivity contribution is 14.1. The minimum Gasteiger partial charge on any atom is -0.383 e. The second-order valence-electron chi connectivity index (χ2n) is 3.66. The molecule has 0 aliphatic heterocycles. The molecule has 0 bridgehead atoms. The van der Waals surface area contributed by atoms with E-state index >= 15 is 0 Å². The molecule has 1 aromatic carbocycles. The molecule has 0 aliphatic carbocycles. The summed E-state index contributed by atoms with van der Waals surface area (Å²) in [5.41, 5.74) is 0.612. The summed E-state index contributed by atoms with van der Waals surface area (Å²) in [6, 6.07) is 5.29.